The maximum atomic E-state index is 12.7. The number of ether oxygens (including phenoxy) is 2. The first kappa shape index (κ1) is 21.4. The molecule has 0 unspecified atom stereocenters. The molecule has 0 saturated carbocycles. The molecule has 2 aromatic rings. The second-order valence-corrected chi connectivity index (χ2v) is 9.33. The van der Waals surface area contributed by atoms with Gasteiger partial charge in [0, 0.05) is 37.8 Å². The average molecular weight is 437 g/mol. The maximum Gasteiger partial charge on any atom is 0.251 e. The van der Waals surface area contributed by atoms with E-state index in [9.17, 15) is 9.90 Å². The predicted octanol–water partition coefficient (Wildman–Crippen LogP) is 2.71. The zero-order valence-corrected chi connectivity index (χ0v) is 18.5. The number of carbonyl (C=O) groups is 1. The first-order valence-corrected chi connectivity index (χ1v) is 11.8. The molecule has 3 aliphatic rings. The smallest absolute Gasteiger partial charge is 0.251 e. The molecule has 170 valence electrons. The molecule has 2 aromatic carbocycles. The van der Waals surface area contributed by atoms with E-state index in [4.69, 9.17) is 9.47 Å². The van der Waals surface area contributed by atoms with Crippen molar-refractivity contribution in [1.29, 1.82) is 0 Å². The summed E-state index contributed by atoms with van der Waals surface area (Å²) in [5.74, 6) is 0.740. The Balaban J connectivity index is 1.12. The van der Waals surface area contributed by atoms with Crippen LogP contribution in [0.25, 0.3) is 0 Å². The van der Waals surface area contributed by atoms with Crippen LogP contribution >= 0.6 is 0 Å². The van der Waals surface area contributed by atoms with Gasteiger partial charge in [0.1, 0.15) is 12.4 Å². The van der Waals surface area contributed by atoms with Crippen molar-refractivity contribution in [2.24, 2.45) is 0 Å². The molecule has 5 rings (SSSR count). The molecule has 0 aromatic heterocycles. The second-order valence-electron chi connectivity index (χ2n) is 9.33. The van der Waals surface area contributed by atoms with Crippen LogP contribution in [0.3, 0.4) is 0 Å². The van der Waals surface area contributed by atoms with E-state index in [1.54, 1.807) is 0 Å². The molecule has 6 nitrogen and oxygen atoms in total. The summed E-state index contributed by atoms with van der Waals surface area (Å²) in [6.07, 6.45) is 4.98. The Bertz CT molecular complexity index is 933. The summed E-state index contributed by atoms with van der Waals surface area (Å²) in [6, 6.07) is 14.2. The number of benzene rings is 2. The normalized spacial score (nSPS) is 23.4. The van der Waals surface area contributed by atoms with Gasteiger partial charge in [0.25, 0.3) is 5.91 Å². The number of aliphatic hydroxyl groups is 1. The zero-order chi connectivity index (χ0) is 21.9. The molecule has 0 bridgehead atoms. The lowest BCUT2D eigenvalue weighted by molar-refractivity contribution is -0.00288. The highest BCUT2D eigenvalue weighted by atomic mass is 16.5. The molecule has 2 aliphatic heterocycles. The van der Waals surface area contributed by atoms with Crippen molar-refractivity contribution in [2.45, 2.75) is 56.9 Å². The maximum absolute atomic E-state index is 12.7. The van der Waals surface area contributed by atoms with E-state index in [0.717, 1.165) is 64.1 Å². The highest BCUT2D eigenvalue weighted by molar-refractivity contribution is 5.94. The molecule has 1 aliphatic carbocycles. The summed E-state index contributed by atoms with van der Waals surface area (Å²) in [7, 11) is 0. The van der Waals surface area contributed by atoms with Gasteiger partial charge in [-0.2, -0.15) is 0 Å². The lowest BCUT2D eigenvalue weighted by Crippen LogP contribution is -2.49. The fourth-order valence-electron chi connectivity index (χ4n) is 4.90. The molecule has 2 atom stereocenters. The van der Waals surface area contributed by atoms with Gasteiger partial charge in [-0.05, 0) is 73.1 Å². The van der Waals surface area contributed by atoms with Crippen molar-refractivity contribution in [2.75, 3.05) is 26.3 Å². The molecule has 2 fully saturated rings. The van der Waals surface area contributed by atoms with Gasteiger partial charge in [0.2, 0.25) is 0 Å². The Labute approximate surface area is 189 Å². The Kier molecular flexibility index (Phi) is 6.44. The number of aryl methyl sites for hydroxylation is 1. The van der Waals surface area contributed by atoms with Crippen molar-refractivity contribution in [3.8, 4) is 5.75 Å². The molecular formula is C26H32N2O4. The van der Waals surface area contributed by atoms with E-state index in [2.05, 4.69) is 28.4 Å². The van der Waals surface area contributed by atoms with Crippen LogP contribution in [0, 0.1) is 0 Å². The predicted molar refractivity (Wildman–Crippen MR) is 122 cm³/mol. The number of carbonyl (C=O) groups excluding carboxylic acids is 1. The highest BCUT2D eigenvalue weighted by Gasteiger charge is 2.25. The molecule has 32 heavy (non-hydrogen) atoms. The first-order valence-electron chi connectivity index (χ1n) is 11.8. The monoisotopic (exact) mass is 436 g/mol. The van der Waals surface area contributed by atoms with Crippen LogP contribution in [0.1, 0.15) is 46.3 Å². The van der Waals surface area contributed by atoms with Crippen molar-refractivity contribution in [3.63, 3.8) is 0 Å². The van der Waals surface area contributed by atoms with Crippen LogP contribution in [0.5, 0.6) is 5.75 Å². The van der Waals surface area contributed by atoms with Crippen molar-refractivity contribution < 1.29 is 19.4 Å². The average Bonchev–Trinajstić information content (AvgIpc) is 3.31. The number of aliphatic hydroxyl groups excluding tert-OH is 1. The van der Waals surface area contributed by atoms with Gasteiger partial charge in [0.05, 0.1) is 12.2 Å². The molecule has 2 N–H and O–H groups in total. The van der Waals surface area contributed by atoms with Crippen LogP contribution in [0.4, 0.5) is 0 Å². The summed E-state index contributed by atoms with van der Waals surface area (Å²) in [5.41, 5.74) is 4.68. The largest absolute Gasteiger partial charge is 0.491 e. The van der Waals surface area contributed by atoms with Crippen LogP contribution in [-0.4, -0.2) is 60.5 Å². The van der Waals surface area contributed by atoms with E-state index in [-0.39, 0.29) is 24.2 Å². The van der Waals surface area contributed by atoms with Gasteiger partial charge in [-0.25, -0.2) is 0 Å². The number of β-amino-alcohol motifs (C(OH)–C–C–N with tert-alkyl or cyclic N) is 1. The standard InChI is InChI=1S/C26H32N2O4/c29-23-15-28(16-23)14-18-3-4-21-13-22(8-5-20(21)12-18)27-26(30)19-6-9-24(10-7-19)32-17-25-2-1-11-31-25/h3-4,6-7,9-10,12,22-23,25,29H,1-2,5,8,11,13-17H2,(H,27,30)/t22-,25-/m0/s1. The number of likely N-dealkylation sites (tertiary alicyclic amines) is 1. The Morgan fingerprint density at radius 2 is 1.97 bits per heavy atom. The minimum absolute atomic E-state index is 0.0305. The van der Waals surface area contributed by atoms with Gasteiger partial charge in [-0.1, -0.05) is 18.2 Å². The number of nitrogens with one attached hydrogen (secondary N) is 1. The number of fused-ring (bicyclic) bond motifs is 1. The lowest BCUT2D eigenvalue weighted by atomic mass is 9.87. The van der Waals surface area contributed by atoms with Crippen molar-refractivity contribution >= 4 is 5.91 Å². The molecule has 1 amide bonds. The van der Waals surface area contributed by atoms with Gasteiger partial charge < -0.3 is 19.9 Å². The minimum Gasteiger partial charge on any atom is -0.491 e. The lowest BCUT2D eigenvalue weighted by Gasteiger charge is -2.36. The van der Waals surface area contributed by atoms with E-state index >= 15 is 0 Å². The van der Waals surface area contributed by atoms with Gasteiger partial charge in [-0.3, -0.25) is 9.69 Å². The van der Waals surface area contributed by atoms with Crippen molar-refractivity contribution in [3.05, 3.63) is 64.7 Å². The topological polar surface area (TPSA) is 71.0 Å². The molecule has 2 heterocycles. The highest BCUT2D eigenvalue weighted by Crippen LogP contribution is 2.25. The molecule has 6 heteroatoms. The molecule has 0 radical (unpaired) electrons. The Morgan fingerprint density at radius 1 is 1.12 bits per heavy atom. The van der Waals surface area contributed by atoms with E-state index in [1.165, 1.54) is 16.7 Å². The van der Waals surface area contributed by atoms with Crippen LogP contribution in [-0.2, 0) is 24.1 Å². The number of nitrogens with zero attached hydrogens (tertiary/aromatic N) is 1. The Morgan fingerprint density at radius 3 is 2.72 bits per heavy atom. The third kappa shape index (κ3) is 5.14. The van der Waals surface area contributed by atoms with Gasteiger partial charge >= 0.3 is 0 Å². The Hall–Kier alpha value is -2.41. The van der Waals surface area contributed by atoms with E-state index in [1.807, 2.05) is 24.3 Å². The SMILES string of the molecule is O=C(N[C@H]1CCc2cc(CN3CC(O)C3)ccc2C1)c1ccc(OC[C@@H]2CCCO2)cc1. The van der Waals surface area contributed by atoms with Gasteiger partial charge in [0.15, 0.2) is 0 Å². The summed E-state index contributed by atoms with van der Waals surface area (Å²) < 4.78 is 11.4. The van der Waals surface area contributed by atoms with E-state index < -0.39 is 0 Å². The van der Waals surface area contributed by atoms with E-state index in [0.29, 0.717) is 12.2 Å². The number of rotatable bonds is 7. The third-order valence-corrected chi connectivity index (χ3v) is 6.75. The molecule has 2 saturated heterocycles. The fraction of sp³-hybridized carbons (Fsp3) is 0.500. The minimum atomic E-state index is -0.160. The van der Waals surface area contributed by atoms with Crippen LogP contribution in [0.15, 0.2) is 42.5 Å². The number of hydrogen-bond acceptors (Lipinski definition) is 5. The molecular weight excluding hydrogens is 404 g/mol. The van der Waals surface area contributed by atoms with Crippen LogP contribution in [0.2, 0.25) is 0 Å². The number of amides is 1. The zero-order valence-electron chi connectivity index (χ0n) is 18.5. The molecule has 0 spiro atoms. The summed E-state index contributed by atoms with van der Waals surface area (Å²) in [5, 5.41) is 12.7. The summed E-state index contributed by atoms with van der Waals surface area (Å²) in [6.45, 7) is 3.83. The third-order valence-electron chi connectivity index (χ3n) is 6.75. The summed E-state index contributed by atoms with van der Waals surface area (Å²) >= 11 is 0. The second kappa shape index (κ2) is 9.61. The summed E-state index contributed by atoms with van der Waals surface area (Å²) in [4.78, 5) is 15.0. The van der Waals surface area contributed by atoms with Gasteiger partial charge in [-0.15, -0.1) is 0 Å². The fourth-order valence-corrected chi connectivity index (χ4v) is 4.90. The van der Waals surface area contributed by atoms with Crippen molar-refractivity contribution in [1.82, 2.24) is 10.2 Å². The first-order chi connectivity index (χ1) is 15.6. The quantitative estimate of drug-likeness (QED) is 0.698. The number of hydrogen-bond donors (Lipinski definition) is 2. The van der Waals surface area contributed by atoms with Crippen LogP contribution < -0.4 is 10.1 Å².